The van der Waals surface area contributed by atoms with Crippen molar-refractivity contribution in [1.82, 2.24) is 5.32 Å². The number of benzene rings is 1. The van der Waals surface area contributed by atoms with Crippen LogP contribution in [0.4, 0.5) is 5.69 Å². The Balaban J connectivity index is 1.95. The molecule has 2 rings (SSSR count). The van der Waals surface area contributed by atoms with Crippen LogP contribution in [-0.2, 0) is 0 Å². The molecule has 1 aliphatic rings. The standard InChI is InChI=1S/C14H21N3O/c1-10-8-12(17-15)6-7-13(10)14(18)16-9-11-4-2-3-5-11/h6-8,11,17H,2-5,9,15H2,1H3,(H,16,18). The number of hydrogen-bond acceptors (Lipinski definition) is 3. The summed E-state index contributed by atoms with van der Waals surface area (Å²) >= 11 is 0. The molecule has 0 aromatic heterocycles. The highest BCUT2D eigenvalue weighted by Crippen LogP contribution is 2.24. The van der Waals surface area contributed by atoms with Crippen molar-refractivity contribution in [2.45, 2.75) is 32.6 Å². The maximum Gasteiger partial charge on any atom is 0.251 e. The summed E-state index contributed by atoms with van der Waals surface area (Å²) in [5, 5.41) is 3.03. The van der Waals surface area contributed by atoms with Gasteiger partial charge >= 0.3 is 0 Å². The Morgan fingerprint density at radius 2 is 2.11 bits per heavy atom. The molecule has 0 bridgehead atoms. The first-order chi connectivity index (χ1) is 8.70. The highest BCUT2D eigenvalue weighted by Gasteiger charge is 2.16. The predicted octanol–water partition coefficient (Wildman–Crippen LogP) is 2.20. The number of carbonyl (C=O) groups excluding carboxylic acids is 1. The van der Waals surface area contributed by atoms with Gasteiger partial charge in [-0.2, -0.15) is 0 Å². The van der Waals surface area contributed by atoms with Crippen LogP contribution in [0.3, 0.4) is 0 Å². The van der Waals surface area contributed by atoms with E-state index >= 15 is 0 Å². The fourth-order valence-electron chi connectivity index (χ4n) is 2.55. The Kier molecular flexibility index (Phi) is 4.20. The molecule has 4 heteroatoms. The van der Waals surface area contributed by atoms with Gasteiger partial charge in [0.2, 0.25) is 0 Å². The van der Waals surface area contributed by atoms with Gasteiger partial charge in [-0.15, -0.1) is 0 Å². The highest BCUT2D eigenvalue weighted by atomic mass is 16.1. The number of rotatable bonds is 4. The Labute approximate surface area is 108 Å². The maximum atomic E-state index is 12.1. The molecule has 4 N–H and O–H groups in total. The van der Waals surface area contributed by atoms with E-state index in [2.05, 4.69) is 10.7 Å². The molecule has 0 radical (unpaired) electrons. The predicted molar refractivity (Wildman–Crippen MR) is 73.3 cm³/mol. The summed E-state index contributed by atoms with van der Waals surface area (Å²) in [6.07, 6.45) is 5.09. The molecule has 18 heavy (non-hydrogen) atoms. The van der Waals surface area contributed by atoms with E-state index in [9.17, 15) is 4.79 Å². The van der Waals surface area contributed by atoms with Gasteiger partial charge in [-0.25, -0.2) is 0 Å². The lowest BCUT2D eigenvalue weighted by atomic mass is 10.1. The number of carbonyl (C=O) groups is 1. The fourth-order valence-corrected chi connectivity index (χ4v) is 2.55. The molecule has 0 saturated heterocycles. The smallest absolute Gasteiger partial charge is 0.251 e. The monoisotopic (exact) mass is 247 g/mol. The van der Waals surface area contributed by atoms with Gasteiger partial charge in [-0.1, -0.05) is 12.8 Å². The van der Waals surface area contributed by atoms with Crippen LogP contribution in [0.2, 0.25) is 0 Å². The molecular formula is C14H21N3O. The number of anilines is 1. The molecule has 1 aliphatic carbocycles. The van der Waals surface area contributed by atoms with Gasteiger partial charge < -0.3 is 10.7 Å². The van der Waals surface area contributed by atoms with Gasteiger partial charge in [0, 0.05) is 17.8 Å². The van der Waals surface area contributed by atoms with E-state index in [0.29, 0.717) is 5.92 Å². The van der Waals surface area contributed by atoms with E-state index in [-0.39, 0.29) is 5.91 Å². The minimum atomic E-state index is 0.0166. The first kappa shape index (κ1) is 12.9. The Morgan fingerprint density at radius 3 is 2.72 bits per heavy atom. The van der Waals surface area contributed by atoms with Crippen LogP contribution in [0.15, 0.2) is 18.2 Å². The third kappa shape index (κ3) is 3.01. The third-order valence-electron chi connectivity index (χ3n) is 3.66. The lowest BCUT2D eigenvalue weighted by Crippen LogP contribution is -2.28. The van der Waals surface area contributed by atoms with Crippen LogP contribution in [0.25, 0.3) is 0 Å². The van der Waals surface area contributed by atoms with Crippen molar-refractivity contribution < 1.29 is 4.79 Å². The SMILES string of the molecule is Cc1cc(NN)ccc1C(=O)NCC1CCCC1. The lowest BCUT2D eigenvalue weighted by molar-refractivity contribution is 0.0947. The summed E-state index contributed by atoms with van der Waals surface area (Å²) in [7, 11) is 0. The van der Waals surface area contributed by atoms with Crippen molar-refractivity contribution in [3.05, 3.63) is 29.3 Å². The normalized spacial score (nSPS) is 15.7. The number of hydrogen-bond donors (Lipinski definition) is 3. The molecule has 0 spiro atoms. The summed E-state index contributed by atoms with van der Waals surface area (Å²) in [4.78, 5) is 12.1. The van der Waals surface area contributed by atoms with Crippen molar-refractivity contribution in [1.29, 1.82) is 0 Å². The Hall–Kier alpha value is -1.55. The molecule has 1 aromatic carbocycles. The van der Waals surface area contributed by atoms with Crippen molar-refractivity contribution >= 4 is 11.6 Å². The zero-order valence-corrected chi connectivity index (χ0v) is 10.8. The van der Waals surface area contributed by atoms with E-state index in [1.807, 2.05) is 25.1 Å². The van der Waals surface area contributed by atoms with Gasteiger partial charge in [-0.05, 0) is 49.4 Å². The van der Waals surface area contributed by atoms with Crippen molar-refractivity contribution in [3.63, 3.8) is 0 Å². The molecule has 0 heterocycles. The Bertz CT molecular complexity index is 425. The molecule has 0 aliphatic heterocycles. The average molecular weight is 247 g/mol. The largest absolute Gasteiger partial charge is 0.352 e. The summed E-state index contributed by atoms with van der Waals surface area (Å²) in [6.45, 7) is 2.72. The first-order valence-corrected chi connectivity index (χ1v) is 6.56. The Morgan fingerprint density at radius 1 is 1.39 bits per heavy atom. The van der Waals surface area contributed by atoms with Crippen LogP contribution < -0.4 is 16.6 Å². The summed E-state index contributed by atoms with van der Waals surface area (Å²) in [5.74, 6) is 6.02. The summed E-state index contributed by atoms with van der Waals surface area (Å²) in [5.41, 5.74) is 5.07. The van der Waals surface area contributed by atoms with Gasteiger partial charge in [0.25, 0.3) is 5.91 Å². The number of nitrogen functional groups attached to an aromatic ring is 1. The third-order valence-corrected chi connectivity index (χ3v) is 3.66. The van der Waals surface area contributed by atoms with Crippen molar-refractivity contribution in [2.75, 3.05) is 12.0 Å². The molecule has 0 atom stereocenters. The minimum absolute atomic E-state index is 0.0166. The lowest BCUT2D eigenvalue weighted by Gasteiger charge is -2.12. The van der Waals surface area contributed by atoms with Crippen LogP contribution in [-0.4, -0.2) is 12.5 Å². The van der Waals surface area contributed by atoms with Crippen LogP contribution >= 0.6 is 0 Å². The fraction of sp³-hybridized carbons (Fsp3) is 0.500. The quantitative estimate of drug-likeness (QED) is 0.564. The van der Waals surface area contributed by atoms with E-state index in [4.69, 9.17) is 5.84 Å². The first-order valence-electron chi connectivity index (χ1n) is 6.56. The minimum Gasteiger partial charge on any atom is -0.352 e. The van der Waals surface area contributed by atoms with Crippen molar-refractivity contribution in [3.8, 4) is 0 Å². The maximum absolute atomic E-state index is 12.1. The molecule has 1 amide bonds. The number of hydrazine groups is 1. The number of nitrogens with one attached hydrogen (secondary N) is 2. The zero-order chi connectivity index (χ0) is 13.0. The topological polar surface area (TPSA) is 67.1 Å². The molecule has 1 aromatic rings. The van der Waals surface area contributed by atoms with Crippen molar-refractivity contribution in [2.24, 2.45) is 11.8 Å². The van der Waals surface area contributed by atoms with E-state index in [0.717, 1.165) is 23.4 Å². The molecule has 4 nitrogen and oxygen atoms in total. The zero-order valence-electron chi connectivity index (χ0n) is 10.8. The second-order valence-corrected chi connectivity index (χ2v) is 5.03. The van der Waals surface area contributed by atoms with Crippen LogP contribution in [0.1, 0.15) is 41.6 Å². The highest BCUT2D eigenvalue weighted by molar-refractivity contribution is 5.96. The van der Waals surface area contributed by atoms with E-state index < -0.39 is 0 Å². The number of aryl methyl sites for hydroxylation is 1. The average Bonchev–Trinajstić information content (AvgIpc) is 2.88. The molecule has 0 unspecified atom stereocenters. The molecular weight excluding hydrogens is 226 g/mol. The van der Waals surface area contributed by atoms with Gasteiger partial charge in [0.05, 0.1) is 0 Å². The van der Waals surface area contributed by atoms with Crippen LogP contribution in [0.5, 0.6) is 0 Å². The molecule has 1 fully saturated rings. The van der Waals surface area contributed by atoms with Gasteiger partial charge in [-0.3, -0.25) is 10.6 Å². The molecule has 1 saturated carbocycles. The second kappa shape index (κ2) is 5.87. The van der Waals surface area contributed by atoms with Crippen LogP contribution in [0, 0.1) is 12.8 Å². The molecule has 98 valence electrons. The van der Waals surface area contributed by atoms with E-state index in [1.165, 1.54) is 25.7 Å². The number of nitrogens with two attached hydrogens (primary N) is 1. The van der Waals surface area contributed by atoms with Gasteiger partial charge in [0.15, 0.2) is 0 Å². The second-order valence-electron chi connectivity index (χ2n) is 5.03. The van der Waals surface area contributed by atoms with E-state index in [1.54, 1.807) is 0 Å². The van der Waals surface area contributed by atoms with Gasteiger partial charge in [0.1, 0.15) is 0 Å². The number of amides is 1. The summed E-state index contributed by atoms with van der Waals surface area (Å²) in [6, 6.07) is 5.51. The summed E-state index contributed by atoms with van der Waals surface area (Å²) < 4.78 is 0.